The lowest BCUT2D eigenvalue weighted by molar-refractivity contribution is -0.137. The molecule has 1 saturated heterocycles. The minimum absolute atomic E-state index is 0.115. The molecule has 0 spiro atoms. The van der Waals surface area contributed by atoms with Crippen LogP contribution in [0.1, 0.15) is 5.56 Å². The Morgan fingerprint density at radius 3 is 2.36 bits per heavy atom. The van der Waals surface area contributed by atoms with Gasteiger partial charge in [-0.3, -0.25) is 4.90 Å². The van der Waals surface area contributed by atoms with E-state index in [2.05, 4.69) is 32.6 Å². The second kappa shape index (κ2) is 8.97. The molecule has 2 aromatic rings. The highest BCUT2D eigenvalue weighted by atomic mass is 19.4. The van der Waals surface area contributed by atoms with Gasteiger partial charge in [-0.25, -0.2) is 4.79 Å². The van der Waals surface area contributed by atoms with Crippen LogP contribution in [-0.4, -0.2) is 50.2 Å². The number of benzene rings is 2. The van der Waals surface area contributed by atoms with E-state index in [1.54, 1.807) is 0 Å². The summed E-state index contributed by atoms with van der Waals surface area (Å²) in [4.78, 5) is 16.5. The third-order valence-corrected chi connectivity index (χ3v) is 4.65. The highest BCUT2D eigenvalue weighted by Crippen LogP contribution is 2.30. The van der Waals surface area contributed by atoms with Crippen LogP contribution in [0.15, 0.2) is 54.6 Å². The summed E-state index contributed by atoms with van der Waals surface area (Å²) < 4.78 is 38.1. The smallest absolute Gasteiger partial charge is 0.369 e. The van der Waals surface area contributed by atoms with Gasteiger partial charge in [0.05, 0.1) is 5.56 Å². The molecule has 0 bridgehead atoms. The van der Waals surface area contributed by atoms with Crippen LogP contribution in [0, 0.1) is 0 Å². The summed E-state index contributed by atoms with van der Waals surface area (Å²) >= 11 is 0. The molecule has 2 amide bonds. The number of anilines is 2. The Bertz CT molecular complexity index is 775. The average Bonchev–Trinajstić information content (AvgIpc) is 2.69. The number of para-hydroxylation sites is 1. The number of nitrogens with one attached hydrogen (secondary N) is 2. The molecule has 1 aliphatic heterocycles. The SMILES string of the molecule is O=C(NCCN1CCN(c2ccccc2)CC1)Nc1cccc(C(F)(F)F)c1. The Morgan fingerprint density at radius 1 is 0.964 bits per heavy atom. The number of halogens is 3. The van der Waals surface area contributed by atoms with E-state index in [0.29, 0.717) is 13.1 Å². The molecule has 0 radical (unpaired) electrons. The predicted octanol–water partition coefficient (Wildman–Crippen LogP) is 3.65. The summed E-state index contributed by atoms with van der Waals surface area (Å²) in [5.41, 5.74) is 0.533. The molecule has 5 nitrogen and oxygen atoms in total. The molecule has 1 aliphatic rings. The highest BCUT2D eigenvalue weighted by molar-refractivity contribution is 5.89. The van der Waals surface area contributed by atoms with Gasteiger partial charge in [-0.15, -0.1) is 0 Å². The zero-order valence-electron chi connectivity index (χ0n) is 15.4. The van der Waals surface area contributed by atoms with Crippen LogP contribution in [-0.2, 0) is 6.18 Å². The van der Waals surface area contributed by atoms with Crippen LogP contribution in [0.5, 0.6) is 0 Å². The molecule has 2 aromatic carbocycles. The molecule has 1 heterocycles. The average molecular weight is 392 g/mol. The van der Waals surface area contributed by atoms with Crippen molar-refractivity contribution in [3.63, 3.8) is 0 Å². The summed E-state index contributed by atoms with van der Waals surface area (Å²) in [5.74, 6) is 0. The number of rotatable bonds is 5. The maximum Gasteiger partial charge on any atom is 0.416 e. The molecule has 1 fully saturated rings. The van der Waals surface area contributed by atoms with Crippen LogP contribution in [0.25, 0.3) is 0 Å². The zero-order valence-corrected chi connectivity index (χ0v) is 15.4. The van der Waals surface area contributed by atoms with Gasteiger partial charge in [-0.2, -0.15) is 13.2 Å². The molecule has 2 N–H and O–H groups in total. The Kier molecular flexibility index (Phi) is 6.41. The van der Waals surface area contributed by atoms with Crippen molar-refractivity contribution < 1.29 is 18.0 Å². The fourth-order valence-electron chi connectivity index (χ4n) is 3.14. The number of alkyl halides is 3. The summed E-state index contributed by atoms with van der Waals surface area (Å²) in [6.45, 7) is 4.74. The minimum atomic E-state index is -4.43. The van der Waals surface area contributed by atoms with Crippen LogP contribution in [0.4, 0.5) is 29.3 Å². The van der Waals surface area contributed by atoms with E-state index >= 15 is 0 Å². The van der Waals surface area contributed by atoms with Gasteiger partial charge >= 0.3 is 12.2 Å². The normalized spacial score (nSPS) is 15.3. The van der Waals surface area contributed by atoms with Gasteiger partial charge in [0.25, 0.3) is 0 Å². The van der Waals surface area contributed by atoms with E-state index in [1.807, 2.05) is 18.2 Å². The van der Waals surface area contributed by atoms with E-state index in [-0.39, 0.29) is 5.69 Å². The highest BCUT2D eigenvalue weighted by Gasteiger charge is 2.30. The molecule has 8 heteroatoms. The molecule has 150 valence electrons. The van der Waals surface area contributed by atoms with Gasteiger partial charge in [0.1, 0.15) is 0 Å². The van der Waals surface area contributed by atoms with Gasteiger partial charge in [-0.1, -0.05) is 24.3 Å². The Balaban J connectivity index is 1.38. The minimum Gasteiger partial charge on any atom is -0.369 e. The van der Waals surface area contributed by atoms with Crippen LogP contribution in [0.3, 0.4) is 0 Å². The topological polar surface area (TPSA) is 47.6 Å². The Hall–Kier alpha value is -2.74. The largest absolute Gasteiger partial charge is 0.416 e. The first kappa shape index (κ1) is 20.0. The second-order valence-electron chi connectivity index (χ2n) is 6.62. The summed E-state index contributed by atoms with van der Waals surface area (Å²) in [7, 11) is 0. The second-order valence-corrected chi connectivity index (χ2v) is 6.62. The van der Waals surface area contributed by atoms with Gasteiger partial charge in [0.2, 0.25) is 0 Å². The first-order chi connectivity index (χ1) is 13.4. The van der Waals surface area contributed by atoms with Crippen LogP contribution in [0.2, 0.25) is 0 Å². The third kappa shape index (κ3) is 5.63. The standard InChI is InChI=1S/C20H23F3N4O/c21-20(22,23)16-5-4-6-17(15-16)25-19(28)24-9-10-26-11-13-27(14-12-26)18-7-2-1-3-8-18/h1-8,15H,9-14H2,(H2,24,25,28). The zero-order chi connectivity index (χ0) is 20.0. The summed E-state index contributed by atoms with van der Waals surface area (Å²) in [6, 6.07) is 14.3. The number of nitrogens with zero attached hydrogens (tertiary/aromatic N) is 2. The lowest BCUT2D eigenvalue weighted by atomic mass is 10.2. The number of carbonyl (C=O) groups excluding carboxylic acids is 1. The molecule has 0 atom stereocenters. The number of urea groups is 1. The van der Waals surface area contributed by atoms with Crippen LogP contribution >= 0.6 is 0 Å². The van der Waals surface area contributed by atoms with E-state index in [4.69, 9.17) is 0 Å². The van der Waals surface area contributed by atoms with Crippen molar-refractivity contribution in [3.8, 4) is 0 Å². The lowest BCUT2D eigenvalue weighted by Gasteiger charge is -2.36. The molecular formula is C20H23F3N4O. The number of hydrogen-bond acceptors (Lipinski definition) is 3. The van der Waals surface area contributed by atoms with Gasteiger partial charge < -0.3 is 15.5 Å². The van der Waals surface area contributed by atoms with Gasteiger partial charge in [0.15, 0.2) is 0 Å². The van der Waals surface area contributed by atoms with Crippen molar-refractivity contribution in [1.82, 2.24) is 10.2 Å². The van der Waals surface area contributed by atoms with E-state index in [9.17, 15) is 18.0 Å². The van der Waals surface area contributed by atoms with Crippen molar-refractivity contribution in [3.05, 3.63) is 60.2 Å². The molecule has 0 aromatic heterocycles. The molecular weight excluding hydrogens is 369 g/mol. The number of amides is 2. The molecule has 0 saturated carbocycles. The monoisotopic (exact) mass is 392 g/mol. The molecule has 0 aliphatic carbocycles. The fourth-order valence-corrected chi connectivity index (χ4v) is 3.14. The predicted molar refractivity (Wildman–Crippen MR) is 104 cm³/mol. The van der Waals surface area contributed by atoms with Gasteiger partial charge in [-0.05, 0) is 30.3 Å². The van der Waals surface area contributed by atoms with Crippen molar-refractivity contribution in [1.29, 1.82) is 0 Å². The summed E-state index contributed by atoms with van der Waals surface area (Å²) in [5, 5.41) is 5.14. The number of carbonyl (C=O) groups is 1. The van der Waals surface area contributed by atoms with Gasteiger partial charge in [0, 0.05) is 50.6 Å². The molecule has 28 heavy (non-hydrogen) atoms. The van der Waals surface area contributed by atoms with E-state index in [0.717, 1.165) is 38.3 Å². The number of piperazine rings is 1. The van der Waals surface area contributed by atoms with Crippen molar-refractivity contribution in [2.24, 2.45) is 0 Å². The first-order valence-corrected chi connectivity index (χ1v) is 9.16. The Morgan fingerprint density at radius 2 is 1.68 bits per heavy atom. The van der Waals surface area contributed by atoms with Crippen molar-refractivity contribution in [2.45, 2.75) is 6.18 Å². The first-order valence-electron chi connectivity index (χ1n) is 9.16. The Labute approximate surface area is 162 Å². The van der Waals surface area contributed by atoms with Crippen LogP contribution < -0.4 is 15.5 Å². The van der Waals surface area contributed by atoms with Crippen molar-refractivity contribution in [2.75, 3.05) is 49.5 Å². The number of hydrogen-bond donors (Lipinski definition) is 2. The maximum absolute atomic E-state index is 12.7. The quantitative estimate of drug-likeness (QED) is 0.817. The van der Waals surface area contributed by atoms with E-state index in [1.165, 1.54) is 17.8 Å². The fraction of sp³-hybridized carbons (Fsp3) is 0.350. The van der Waals surface area contributed by atoms with E-state index < -0.39 is 17.8 Å². The third-order valence-electron chi connectivity index (χ3n) is 4.65. The lowest BCUT2D eigenvalue weighted by Crippen LogP contribution is -2.48. The van der Waals surface area contributed by atoms with Crippen molar-refractivity contribution >= 4 is 17.4 Å². The maximum atomic E-state index is 12.7. The molecule has 3 rings (SSSR count). The summed E-state index contributed by atoms with van der Waals surface area (Å²) in [6.07, 6.45) is -4.43. The molecule has 0 unspecified atom stereocenters.